The molecule has 0 heterocycles. The van der Waals surface area contributed by atoms with Crippen molar-refractivity contribution in [2.24, 2.45) is 5.73 Å². The average Bonchev–Trinajstić information content (AvgIpc) is 2.03. The molecule has 0 rings (SSSR count). The first-order valence-corrected chi connectivity index (χ1v) is 3.83. The molecule has 0 aliphatic carbocycles. The molecule has 0 radical (unpaired) electrons. The van der Waals surface area contributed by atoms with Gasteiger partial charge in [-0.25, -0.2) is 0 Å². The van der Waals surface area contributed by atoms with E-state index in [2.05, 4.69) is 5.32 Å². The Morgan fingerprint density at radius 1 is 1.42 bits per heavy atom. The molecule has 12 heavy (non-hydrogen) atoms. The molecule has 0 spiro atoms. The van der Waals surface area contributed by atoms with Crippen molar-refractivity contribution in [2.45, 2.75) is 18.4 Å². The van der Waals surface area contributed by atoms with Gasteiger partial charge in [0.25, 0.3) is 0 Å². The standard InChI is InChI=1S/C7H16N2O3/c1-9-7(2-4-10,3-5-11)6(8)12/h9-11H,2-5H2,1H3,(H2,8,12). The Labute approximate surface area is 71.6 Å². The van der Waals surface area contributed by atoms with Crippen LogP contribution >= 0.6 is 0 Å². The molecule has 0 fully saturated rings. The van der Waals surface area contributed by atoms with Crippen LogP contribution in [0.4, 0.5) is 0 Å². The Hall–Kier alpha value is -0.650. The first-order valence-electron chi connectivity index (χ1n) is 3.83. The van der Waals surface area contributed by atoms with E-state index in [1.807, 2.05) is 0 Å². The summed E-state index contributed by atoms with van der Waals surface area (Å²) in [7, 11) is 1.58. The molecule has 0 bridgehead atoms. The predicted molar refractivity (Wildman–Crippen MR) is 44.4 cm³/mol. The molecular weight excluding hydrogens is 160 g/mol. The minimum absolute atomic E-state index is 0.135. The maximum atomic E-state index is 11.0. The molecule has 0 atom stereocenters. The minimum Gasteiger partial charge on any atom is -0.396 e. The maximum absolute atomic E-state index is 11.0. The quantitative estimate of drug-likeness (QED) is 0.384. The van der Waals surface area contributed by atoms with Gasteiger partial charge in [-0.3, -0.25) is 4.79 Å². The lowest BCUT2D eigenvalue weighted by Crippen LogP contribution is -2.55. The summed E-state index contributed by atoms with van der Waals surface area (Å²) in [6, 6.07) is 0. The summed E-state index contributed by atoms with van der Waals surface area (Å²) < 4.78 is 0. The van der Waals surface area contributed by atoms with Gasteiger partial charge < -0.3 is 21.3 Å². The Balaban J connectivity index is 4.39. The highest BCUT2D eigenvalue weighted by atomic mass is 16.3. The first-order chi connectivity index (χ1) is 5.63. The van der Waals surface area contributed by atoms with Crippen LogP contribution in [0.1, 0.15) is 12.8 Å². The second-order valence-corrected chi connectivity index (χ2v) is 2.64. The SMILES string of the molecule is CNC(CCO)(CCO)C(N)=O. The second-order valence-electron chi connectivity index (χ2n) is 2.64. The highest BCUT2D eigenvalue weighted by Gasteiger charge is 2.33. The normalized spacial score (nSPS) is 11.6. The number of rotatable bonds is 6. The lowest BCUT2D eigenvalue weighted by Gasteiger charge is -2.28. The molecule has 0 unspecified atom stereocenters. The van der Waals surface area contributed by atoms with E-state index >= 15 is 0 Å². The number of nitrogens with two attached hydrogens (primary N) is 1. The first kappa shape index (κ1) is 11.4. The molecule has 72 valence electrons. The van der Waals surface area contributed by atoms with Gasteiger partial charge in [0.05, 0.1) is 0 Å². The zero-order chi connectivity index (χ0) is 9.61. The number of nitrogens with one attached hydrogen (secondary N) is 1. The molecule has 0 saturated heterocycles. The number of aliphatic hydroxyl groups excluding tert-OH is 2. The fraction of sp³-hybridized carbons (Fsp3) is 0.857. The molecule has 5 nitrogen and oxygen atoms in total. The van der Waals surface area contributed by atoms with Crippen LogP contribution in [0.5, 0.6) is 0 Å². The van der Waals surface area contributed by atoms with Crippen molar-refractivity contribution in [2.75, 3.05) is 20.3 Å². The second kappa shape index (κ2) is 5.08. The highest BCUT2D eigenvalue weighted by Crippen LogP contribution is 2.13. The summed E-state index contributed by atoms with van der Waals surface area (Å²) in [6.07, 6.45) is 0.443. The number of aliphatic hydroxyl groups is 2. The van der Waals surface area contributed by atoms with E-state index in [-0.39, 0.29) is 26.1 Å². The van der Waals surface area contributed by atoms with Gasteiger partial charge in [-0.05, 0) is 19.9 Å². The van der Waals surface area contributed by atoms with Crippen LogP contribution in [0.3, 0.4) is 0 Å². The summed E-state index contributed by atoms with van der Waals surface area (Å²) >= 11 is 0. The van der Waals surface area contributed by atoms with Gasteiger partial charge >= 0.3 is 0 Å². The largest absolute Gasteiger partial charge is 0.396 e. The van der Waals surface area contributed by atoms with E-state index in [9.17, 15) is 4.79 Å². The Kier molecular flexibility index (Phi) is 4.80. The number of primary amides is 1. The lowest BCUT2D eigenvalue weighted by atomic mass is 9.91. The van der Waals surface area contributed by atoms with Crippen molar-refractivity contribution < 1.29 is 15.0 Å². The van der Waals surface area contributed by atoms with E-state index in [0.29, 0.717) is 0 Å². The van der Waals surface area contributed by atoms with Crippen LogP contribution in [0.15, 0.2) is 0 Å². The fourth-order valence-corrected chi connectivity index (χ4v) is 1.13. The van der Waals surface area contributed by atoms with Crippen LogP contribution in [-0.2, 0) is 4.79 Å². The molecule has 0 aromatic rings. The molecule has 1 amide bonds. The topological polar surface area (TPSA) is 95.6 Å². The van der Waals surface area contributed by atoms with Gasteiger partial charge in [-0.1, -0.05) is 0 Å². The summed E-state index contributed by atoms with van der Waals surface area (Å²) in [5.74, 6) is -0.548. The van der Waals surface area contributed by atoms with Gasteiger partial charge in [0.1, 0.15) is 5.54 Å². The van der Waals surface area contributed by atoms with Gasteiger partial charge in [0.2, 0.25) is 5.91 Å². The van der Waals surface area contributed by atoms with Crippen molar-refractivity contribution in [3.8, 4) is 0 Å². The molecular formula is C7H16N2O3. The van der Waals surface area contributed by atoms with Gasteiger partial charge in [-0.2, -0.15) is 0 Å². The highest BCUT2D eigenvalue weighted by molar-refractivity contribution is 5.84. The smallest absolute Gasteiger partial charge is 0.237 e. The summed E-state index contributed by atoms with van der Waals surface area (Å²) in [5.41, 5.74) is 4.16. The molecule has 0 aliphatic heterocycles. The van der Waals surface area contributed by atoms with Crippen LogP contribution in [0.2, 0.25) is 0 Å². The maximum Gasteiger partial charge on any atom is 0.237 e. The third-order valence-corrected chi connectivity index (χ3v) is 2.03. The summed E-state index contributed by atoms with van der Waals surface area (Å²) in [5, 5.41) is 20.1. The van der Waals surface area contributed by atoms with Crippen molar-refractivity contribution >= 4 is 5.91 Å². The average molecular weight is 176 g/mol. The molecule has 5 heteroatoms. The van der Waals surface area contributed by atoms with E-state index in [4.69, 9.17) is 15.9 Å². The molecule has 0 aliphatic rings. The van der Waals surface area contributed by atoms with Crippen molar-refractivity contribution in [3.63, 3.8) is 0 Å². The van der Waals surface area contributed by atoms with Gasteiger partial charge in [-0.15, -0.1) is 0 Å². The number of amides is 1. The van der Waals surface area contributed by atoms with Gasteiger partial charge in [0.15, 0.2) is 0 Å². The van der Waals surface area contributed by atoms with Crippen molar-refractivity contribution in [1.29, 1.82) is 0 Å². The van der Waals surface area contributed by atoms with Crippen LogP contribution in [0.25, 0.3) is 0 Å². The lowest BCUT2D eigenvalue weighted by molar-refractivity contribution is -0.125. The third-order valence-electron chi connectivity index (χ3n) is 2.03. The Morgan fingerprint density at radius 3 is 2.00 bits per heavy atom. The number of hydrogen-bond donors (Lipinski definition) is 4. The Morgan fingerprint density at radius 2 is 1.83 bits per heavy atom. The fourth-order valence-electron chi connectivity index (χ4n) is 1.13. The number of carbonyl (C=O) groups is 1. The van der Waals surface area contributed by atoms with E-state index in [1.165, 1.54) is 0 Å². The van der Waals surface area contributed by atoms with Crippen molar-refractivity contribution in [1.82, 2.24) is 5.32 Å². The minimum atomic E-state index is -0.969. The van der Waals surface area contributed by atoms with Crippen LogP contribution in [0, 0.1) is 0 Å². The number of hydrogen-bond acceptors (Lipinski definition) is 4. The molecule has 5 N–H and O–H groups in total. The summed E-state index contributed by atoms with van der Waals surface area (Å²) in [4.78, 5) is 11.0. The zero-order valence-corrected chi connectivity index (χ0v) is 7.21. The van der Waals surface area contributed by atoms with Crippen LogP contribution < -0.4 is 11.1 Å². The third kappa shape index (κ3) is 2.44. The van der Waals surface area contributed by atoms with Gasteiger partial charge in [0, 0.05) is 13.2 Å². The zero-order valence-electron chi connectivity index (χ0n) is 7.21. The molecule has 0 aromatic heterocycles. The Bertz CT molecular complexity index is 144. The molecule has 0 saturated carbocycles. The van der Waals surface area contributed by atoms with E-state index in [0.717, 1.165) is 0 Å². The van der Waals surface area contributed by atoms with E-state index < -0.39 is 11.4 Å². The number of carbonyl (C=O) groups excluding carboxylic acids is 1. The van der Waals surface area contributed by atoms with Crippen LogP contribution in [-0.4, -0.2) is 41.9 Å². The predicted octanol–water partition coefficient (Wildman–Crippen LogP) is -1.81. The van der Waals surface area contributed by atoms with Crippen molar-refractivity contribution in [3.05, 3.63) is 0 Å². The van der Waals surface area contributed by atoms with E-state index in [1.54, 1.807) is 7.05 Å². The number of likely N-dealkylation sites (N-methyl/N-ethyl adjacent to an activating group) is 1. The monoisotopic (exact) mass is 176 g/mol. The summed E-state index contributed by atoms with van der Waals surface area (Å²) in [6.45, 7) is -0.270. The molecule has 0 aromatic carbocycles.